The standard InChI is InChI=1S/C21H22F3N9O/c1-10(14-8-29-15(9-28-14)21(22,23)24)33-19-16(13(7-25)32-33)20(34)31-18(30-19)12-4-3-11(12)17-26-5-2-6-27-17/h2,5-6,8-13,16,18-19,30,32H,3-4H2,1H3,(H,31,34). The number of carbonyl (C=O) groups is 1. The van der Waals surface area contributed by atoms with E-state index in [2.05, 4.69) is 42.1 Å². The number of nitrogens with zero attached hydrogens (tertiary/aromatic N) is 6. The third-order valence-corrected chi connectivity index (χ3v) is 6.86. The van der Waals surface area contributed by atoms with Gasteiger partial charge in [0.25, 0.3) is 0 Å². The molecule has 7 unspecified atom stereocenters. The minimum atomic E-state index is -4.59. The molecule has 178 valence electrons. The van der Waals surface area contributed by atoms with Crippen molar-refractivity contribution in [1.29, 1.82) is 5.26 Å². The Balaban J connectivity index is 1.37. The summed E-state index contributed by atoms with van der Waals surface area (Å²) in [7, 11) is 0. The fourth-order valence-electron chi connectivity index (χ4n) is 4.91. The van der Waals surface area contributed by atoms with E-state index in [1.807, 2.05) is 0 Å². The SMILES string of the molecule is CC(c1cnc(C(F)(F)F)cn1)N1NC(C#N)C2C(=O)NC(C3CCC3c3ncccn3)NC21. The summed E-state index contributed by atoms with van der Waals surface area (Å²) in [6.45, 7) is 1.73. The number of hydrogen-bond acceptors (Lipinski definition) is 9. The van der Waals surface area contributed by atoms with Crippen molar-refractivity contribution in [3.8, 4) is 6.07 Å². The normalized spacial score (nSPS) is 32.3. The molecule has 34 heavy (non-hydrogen) atoms. The van der Waals surface area contributed by atoms with Crippen molar-refractivity contribution in [1.82, 2.24) is 41.0 Å². The summed E-state index contributed by atoms with van der Waals surface area (Å²) in [6, 6.07) is 2.49. The van der Waals surface area contributed by atoms with Gasteiger partial charge in [-0.05, 0) is 25.8 Å². The van der Waals surface area contributed by atoms with Crippen LogP contribution in [0.15, 0.2) is 30.9 Å². The summed E-state index contributed by atoms with van der Waals surface area (Å²) in [5, 5.41) is 17.7. The first kappa shape index (κ1) is 22.6. The van der Waals surface area contributed by atoms with E-state index in [0.29, 0.717) is 6.20 Å². The monoisotopic (exact) mass is 473 g/mol. The summed E-state index contributed by atoms with van der Waals surface area (Å²) in [5.41, 5.74) is 2.22. The van der Waals surface area contributed by atoms with Gasteiger partial charge in [-0.25, -0.2) is 25.4 Å². The fourth-order valence-corrected chi connectivity index (χ4v) is 4.91. The van der Waals surface area contributed by atoms with Crippen molar-refractivity contribution in [3.05, 3.63) is 48.1 Å². The van der Waals surface area contributed by atoms with Gasteiger partial charge in [0.05, 0.1) is 48.4 Å². The molecule has 0 bridgehead atoms. The predicted molar refractivity (Wildman–Crippen MR) is 110 cm³/mol. The second-order valence-electron chi connectivity index (χ2n) is 8.72. The Hall–Kier alpha value is -3.21. The van der Waals surface area contributed by atoms with Gasteiger partial charge in [0.1, 0.15) is 11.9 Å². The molecule has 13 heteroatoms. The highest BCUT2D eigenvalue weighted by atomic mass is 19.4. The zero-order valence-corrected chi connectivity index (χ0v) is 18.1. The number of carbonyl (C=O) groups excluding carboxylic acids is 1. The number of aromatic nitrogens is 4. The molecule has 0 aromatic carbocycles. The molecule has 3 fully saturated rings. The number of nitrogens with one attached hydrogen (secondary N) is 3. The molecule has 5 rings (SSSR count). The van der Waals surface area contributed by atoms with Crippen molar-refractivity contribution in [2.45, 2.75) is 56.3 Å². The molecule has 4 heterocycles. The first-order valence-corrected chi connectivity index (χ1v) is 10.9. The summed E-state index contributed by atoms with van der Waals surface area (Å²) >= 11 is 0. The topological polar surface area (TPSA) is 132 Å². The Kier molecular flexibility index (Phi) is 5.67. The van der Waals surface area contributed by atoms with Gasteiger partial charge in [0, 0.05) is 24.2 Å². The molecule has 3 N–H and O–H groups in total. The third-order valence-electron chi connectivity index (χ3n) is 6.86. The van der Waals surface area contributed by atoms with E-state index >= 15 is 0 Å². The van der Waals surface area contributed by atoms with Gasteiger partial charge in [-0.15, -0.1) is 0 Å². The zero-order chi connectivity index (χ0) is 24.0. The summed E-state index contributed by atoms with van der Waals surface area (Å²) in [5.74, 6) is -0.0975. The third kappa shape index (κ3) is 3.87. The molecule has 7 atom stereocenters. The molecular formula is C21H22F3N9O. The Morgan fingerprint density at radius 2 is 1.94 bits per heavy atom. The maximum Gasteiger partial charge on any atom is 0.434 e. The van der Waals surface area contributed by atoms with Crippen LogP contribution < -0.4 is 16.1 Å². The molecule has 0 radical (unpaired) electrons. The molecular weight excluding hydrogens is 451 g/mol. The summed E-state index contributed by atoms with van der Waals surface area (Å²) in [6.07, 6.45) is 1.37. The van der Waals surface area contributed by atoms with E-state index in [9.17, 15) is 23.2 Å². The second-order valence-corrected chi connectivity index (χ2v) is 8.72. The number of alkyl halides is 3. The van der Waals surface area contributed by atoms with Crippen molar-refractivity contribution in [2.24, 2.45) is 11.8 Å². The smallest absolute Gasteiger partial charge is 0.340 e. The van der Waals surface area contributed by atoms with Crippen LogP contribution in [0.5, 0.6) is 0 Å². The van der Waals surface area contributed by atoms with Crippen molar-refractivity contribution in [3.63, 3.8) is 0 Å². The van der Waals surface area contributed by atoms with Crippen LogP contribution >= 0.6 is 0 Å². The zero-order valence-electron chi connectivity index (χ0n) is 18.1. The van der Waals surface area contributed by atoms with E-state index in [0.717, 1.165) is 24.9 Å². The number of rotatable bonds is 4. The number of halogens is 3. The number of hydrogen-bond donors (Lipinski definition) is 3. The molecule has 3 aliphatic rings. The Morgan fingerprint density at radius 3 is 2.53 bits per heavy atom. The van der Waals surface area contributed by atoms with Gasteiger partial charge in [-0.3, -0.25) is 15.1 Å². The van der Waals surface area contributed by atoms with E-state index in [4.69, 9.17) is 0 Å². The Morgan fingerprint density at radius 1 is 1.18 bits per heavy atom. The highest BCUT2D eigenvalue weighted by molar-refractivity contribution is 5.82. The van der Waals surface area contributed by atoms with E-state index in [-0.39, 0.29) is 29.6 Å². The largest absolute Gasteiger partial charge is 0.434 e. The fraction of sp³-hybridized carbons (Fsp3) is 0.524. The first-order chi connectivity index (χ1) is 16.3. The minimum Gasteiger partial charge on any atom is -0.340 e. The second kappa shape index (κ2) is 8.53. The van der Waals surface area contributed by atoms with Crippen LogP contribution in [0.25, 0.3) is 0 Å². The number of hydrazine groups is 1. The molecule has 2 saturated heterocycles. The quantitative estimate of drug-likeness (QED) is 0.600. The molecule has 1 amide bonds. The van der Waals surface area contributed by atoms with Gasteiger partial charge < -0.3 is 5.32 Å². The van der Waals surface area contributed by atoms with Crippen LogP contribution in [0, 0.1) is 23.2 Å². The van der Waals surface area contributed by atoms with E-state index in [1.54, 1.807) is 30.4 Å². The highest BCUT2D eigenvalue weighted by Crippen LogP contribution is 2.44. The molecule has 0 spiro atoms. The molecule has 1 aliphatic carbocycles. The number of fused-ring (bicyclic) bond motifs is 1. The van der Waals surface area contributed by atoms with Crippen LogP contribution in [0.2, 0.25) is 0 Å². The first-order valence-electron chi connectivity index (χ1n) is 10.9. The number of amides is 1. The lowest BCUT2D eigenvalue weighted by molar-refractivity contribution is -0.141. The summed E-state index contributed by atoms with van der Waals surface area (Å²) < 4.78 is 38.6. The maximum atomic E-state index is 13.0. The van der Waals surface area contributed by atoms with Gasteiger partial charge in [0.2, 0.25) is 5.91 Å². The van der Waals surface area contributed by atoms with Gasteiger partial charge in [0.15, 0.2) is 5.69 Å². The minimum absolute atomic E-state index is 0.0662. The molecule has 2 aliphatic heterocycles. The van der Waals surface area contributed by atoms with Crippen molar-refractivity contribution < 1.29 is 18.0 Å². The van der Waals surface area contributed by atoms with Crippen molar-refractivity contribution in [2.75, 3.05) is 0 Å². The van der Waals surface area contributed by atoms with E-state index < -0.39 is 36.0 Å². The average molecular weight is 473 g/mol. The molecule has 10 nitrogen and oxygen atoms in total. The average Bonchev–Trinajstić information content (AvgIpc) is 3.17. The van der Waals surface area contributed by atoms with Crippen LogP contribution in [0.4, 0.5) is 13.2 Å². The Labute approximate surface area is 193 Å². The van der Waals surface area contributed by atoms with Gasteiger partial charge in [-0.1, -0.05) is 0 Å². The lowest BCUT2D eigenvalue weighted by Crippen LogP contribution is -2.68. The maximum absolute atomic E-state index is 13.0. The van der Waals surface area contributed by atoms with E-state index in [1.165, 1.54) is 0 Å². The van der Waals surface area contributed by atoms with Crippen LogP contribution in [-0.4, -0.2) is 49.2 Å². The molecule has 1 saturated carbocycles. The molecule has 2 aromatic rings. The van der Waals surface area contributed by atoms with Crippen LogP contribution in [-0.2, 0) is 11.0 Å². The molecule has 2 aromatic heterocycles. The predicted octanol–water partition coefficient (Wildman–Crippen LogP) is 1.24. The van der Waals surface area contributed by atoms with Crippen LogP contribution in [0.3, 0.4) is 0 Å². The van der Waals surface area contributed by atoms with Gasteiger partial charge in [-0.2, -0.15) is 18.4 Å². The lowest BCUT2D eigenvalue weighted by atomic mass is 9.70. The number of nitriles is 1. The van der Waals surface area contributed by atoms with Gasteiger partial charge >= 0.3 is 6.18 Å². The van der Waals surface area contributed by atoms with Crippen molar-refractivity contribution >= 4 is 5.91 Å². The van der Waals surface area contributed by atoms with Crippen LogP contribution in [0.1, 0.15) is 48.9 Å². The highest BCUT2D eigenvalue weighted by Gasteiger charge is 2.54. The Bertz CT molecular complexity index is 1090. The lowest BCUT2D eigenvalue weighted by Gasteiger charge is -2.46. The summed E-state index contributed by atoms with van der Waals surface area (Å²) in [4.78, 5) is 29.2.